The predicted molar refractivity (Wildman–Crippen MR) is 112 cm³/mol. The summed E-state index contributed by atoms with van der Waals surface area (Å²) in [5.41, 5.74) is 2.00. The number of aromatic nitrogens is 1. The summed E-state index contributed by atoms with van der Waals surface area (Å²) in [4.78, 5) is 39.4. The maximum Gasteiger partial charge on any atom is 0.309 e. The summed E-state index contributed by atoms with van der Waals surface area (Å²) < 4.78 is 6.47. The van der Waals surface area contributed by atoms with Crippen LogP contribution in [0.2, 0.25) is 0 Å². The number of carbonyl (C=O) groups is 2. The maximum atomic E-state index is 13.3. The molecule has 0 spiro atoms. The normalized spacial score (nSPS) is 15.2. The van der Waals surface area contributed by atoms with Gasteiger partial charge in [-0.2, -0.15) is 0 Å². The van der Waals surface area contributed by atoms with Gasteiger partial charge in [0.1, 0.15) is 5.70 Å². The van der Waals surface area contributed by atoms with Gasteiger partial charge in [-0.25, -0.2) is 0 Å². The van der Waals surface area contributed by atoms with Gasteiger partial charge in [-0.05, 0) is 44.4 Å². The molecule has 0 bridgehead atoms. The third-order valence-electron chi connectivity index (χ3n) is 5.08. The van der Waals surface area contributed by atoms with Gasteiger partial charge in [-0.15, -0.1) is 0 Å². The molecule has 6 nitrogen and oxygen atoms in total. The van der Waals surface area contributed by atoms with E-state index in [1.54, 1.807) is 36.2 Å². The lowest BCUT2D eigenvalue weighted by Gasteiger charge is -2.31. The van der Waals surface area contributed by atoms with E-state index < -0.39 is 0 Å². The number of rotatable bonds is 5. The number of hydrogen-bond donors (Lipinski definition) is 0. The number of hydrogen-bond acceptors (Lipinski definition) is 4. The molecule has 1 saturated heterocycles. The Morgan fingerprint density at radius 3 is 2.41 bits per heavy atom. The van der Waals surface area contributed by atoms with Crippen LogP contribution in [-0.2, 0) is 14.3 Å². The zero-order chi connectivity index (χ0) is 20.8. The summed E-state index contributed by atoms with van der Waals surface area (Å²) >= 11 is 0. The first-order valence-electron chi connectivity index (χ1n) is 9.92. The fraction of sp³-hybridized carbons (Fsp3) is 0.348. The summed E-state index contributed by atoms with van der Waals surface area (Å²) in [6.07, 6.45) is 4.46. The second-order valence-corrected chi connectivity index (χ2v) is 7.17. The molecule has 1 aromatic carbocycles. The first-order valence-corrected chi connectivity index (χ1v) is 9.92. The number of carbonyl (C=O) groups excluding carboxylic acids is 2. The Morgan fingerprint density at radius 1 is 1.10 bits per heavy atom. The smallest absolute Gasteiger partial charge is 0.309 e. The zero-order valence-corrected chi connectivity index (χ0v) is 16.8. The first-order chi connectivity index (χ1) is 14.0. The van der Waals surface area contributed by atoms with Crippen molar-refractivity contribution >= 4 is 23.6 Å². The number of ether oxygens (including phenoxy) is 1. The number of piperidine rings is 1. The van der Waals surface area contributed by atoms with Crippen LogP contribution in [-0.4, -0.2) is 41.0 Å². The SMILES string of the molecule is CCOC(=O)C1CCN(C(=O)/C(=C\c2ccc(C)cc2)n2ccccc2=O)CC1. The van der Waals surface area contributed by atoms with E-state index in [4.69, 9.17) is 4.74 Å². The van der Waals surface area contributed by atoms with E-state index in [0.29, 0.717) is 38.2 Å². The maximum absolute atomic E-state index is 13.3. The molecule has 1 amide bonds. The molecule has 0 aliphatic carbocycles. The Kier molecular flexibility index (Phi) is 6.65. The number of amides is 1. The second-order valence-electron chi connectivity index (χ2n) is 7.17. The van der Waals surface area contributed by atoms with Crippen molar-refractivity contribution in [1.82, 2.24) is 9.47 Å². The van der Waals surface area contributed by atoms with Gasteiger partial charge in [0, 0.05) is 25.4 Å². The summed E-state index contributed by atoms with van der Waals surface area (Å²) in [6, 6.07) is 12.6. The summed E-state index contributed by atoms with van der Waals surface area (Å²) in [6.45, 7) is 5.05. The molecule has 0 N–H and O–H groups in total. The van der Waals surface area contributed by atoms with Gasteiger partial charge in [0.15, 0.2) is 0 Å². The highest BCUT2D eigenvalue weighted by Crippen LogP contribution is 2.22. The number of pyridine rings is 1. The molecule has 0 saturated carbocycles. The molecule has 152 valence electrons. The quantitative estimate of drug-likeness (QED) is 0.578. The lowest BCUT2D eigenvalue weighted by atomic mass is 9.96. The van der Waals surface area contributed by atoms with Gasteiger partial charge in [0.05, 0.1) is 12.5 Å². The largest absolute Gasteiger partial charge is 0.466 e. The van der Waals surface area contributed by atoms with Crippen molar-refractivity contribution in [2.45, 2.75) is 26.7 Å². The molecule has 0 unspecified atom stereocenters. The van der Waals surface area contributed by atoms with Crippen LogP contribution in [0, 0.1) is 12.8 Å². The van der Waals surface area contributed by atoms with Gasteiger partial charge >= 0.3 is 5.97 Å². The first kappa shape index (κ1) is 20.6. The lowest BCUT2D eigenvalue weighted by molar-refractivity contribution is -0.150. The minimum Gasteiger partial charge on any atom is -0.466 e. The Labute approximate surface area is 170 Å². The molecule has 1 aliphatic rings. The van der Waals surface area contributed by atoms with E-state index in [1.165, 1.54) is 10.6 Å². The molecule has 2 heterocycles. The number of aryl methyl sites for hydroxylation is 1. The van der Waals surface area contributed by atoms with E-state index in [0.717, 1.165) is 11.1 Å². The van der Waals surface area contributed by atoms with Crippen LogP contribution in [0.15, 0.2) is 53.5 Å². The zero-order valence-electron chi connectivity index (χ0n) is 16.8. The third-order valence-corrected chi connectivity index (χ3v) is 5.08. The molecule has 29 heavy (non-hydrogen) atoms. The van der Waals surface area contributed by atoms with Crippen LogP contribution in [0.1, 0.15) is 30.9 Å². The van der Waals surface area contributed by atoms with E-state index in [9.17, 15) is 14.4 Å². The molecule has 6 heteroatoms. The molecule has 1 aliphatic heterocycles. The monoisotopic (exact) mass is 394 g/mol. The van der Waals surface area contributed by atoms with Crippen LogP contribution < -0.4 is 5.56 Å². The van der Waals surface area contributed by atoms with Crippen LogP contribution in [0.4, 0.5) is 0 Å². The third kappa shape index (κ3) is 5.02. The molecule has 3 rings (SSSR count). The topological polar surface area (TPSA) is 68.6 Å². The van der Waals surface area contributed by atoms with Gasteiger partial charge in [-0.1, -0.05) is 35.9 Å². The van der Waals surface area contributed by atoms with E-state index in [1.807, 2.05) is 31.2 Å². The van der Waals surface area contributed by atoms with Gasteiger partial charge in [-0.3, -0.25) is 19.0 Å². The molecular weight excluding hydrogens is 368 g/mol. The highest BCUT2D eigenvalue weighted by molar-refractivity contribution is 6.18. The minimum absolute atomic E-state index is 0.178. The van der Waals surface area contributed by atoms with Crippen molar-refractivity contribution < 1.29 is 14.3 Å². The minimum atomic E-state index is -0.263. The highest BCUT2D eigenvalue weighted by Gasteiger charge is 2.30. The average Bonchev–Trinajstić information content (AvgIpc) is 2.74. The number of benzene rings is 1. The van der Waals surface area contributed by atoms with Crippen molar-refractivity contribution in [3.63, 3.8) is 0 Å². The molecule has 1 fully saturated rings. The fourth-order valence-electron chi connectivity index (χ4n) is 3.42. The van der Waals surface area contributed by atoms with Crippen molar-refractivity contribution in [1.29, 1.82) is 0 Å². The molecular formula is C23H26N2O4. The molecule has 2 aromatic rings. The van der Waals surface area contributed by atoms with Gasteiger partial charge < -0.3 is 9.64 Å². The van der Waals surface area contributed by atoms with Crippen molar-refractivity contribution in [3.8, 4) is 0 Å². The van der Waals surface area contributed by atoms with Crippen LogP contribution in [0.25, 0.3) is 11.8 Å². The molecule has 0 radical (unpaired) electrons. The van der Waals surface area contributed by atoms with Crippen LogP contribution >= 0.6 is 0 Å². The molecule has 0 atom stereocenters. The van der Waals surface area contributed by atoms with Gasteiger partial charge in [0.2, 0.25) is 0 Å². The standard InChI is InChI=1S/C23H26N2O4/c1-3-29-23(28)19-11-14-24(15-12-19)22(27)20(25-13-5-4-6-21(25)26)16-18-9-7-17(2)8-10-18/h4-10,13,16,19H,3,11-12,14-15H2,1-2H3/b20-16+. The predicted octanol–water partition coefficient (Wildman–Crippen LogP) is 2.96. The van der Waals surface area contributed by atoms with E-state index in [2.05, 4.69) is 0 Å². The number of nitrogens with zero attached hydrogens (tertiary/aromatic N) is 2. The summed E-state index contributed by atoms with van der Waals surface area (Å²) in [5.74, 6) is -0.599. The van der Waals surface area contributed by atoms with Crippen molar-refractivity contribution in [3.05, 3.63) is 70.1 Å². The second kappa shape index (κ2) is 9.37. The fourth-order valence-corrected chi connectivity index (χ4v) is 3.42. The Morgan fingerprint density at radius 2 is 1.79 bits per heavy atom. The van der Waals surface area contributed by atoms with Gasteiger partial charge in [0.25, 0.3) is 11.5 Å². The van der Waals surface area contributed by atoms with Crippen LogP contribution in [0.3, 0.4) is 0 Å². The Bertz CT molecular complexity index is 951. The summed E-state index contributed by atoms with van der Waals surface area (Å²) in [5, 5.41) is 0. The van der Waals surface area contributed by atoms with Crippen molar-refractivity contribution in [2.24, 2.45) is 5.92 Å². The number of esters is 1. The Balaban J connectivity index is 1.86. The molecule has 1 aromatic heterocycles. The lowest BCUT2D eigenvalue weighted by Crippen LogP contribution is -2.42. The highest BCUT2D eigenvalue weighted by atomic mass is 16.5. The van der Waals surface area contributed by atoms with E-state index in [-0.39, 0.29) is 23.4 Å². The average molecular weight is 394 g/mol. The van der Waals surface area contributed by atoms with Crippen molar-refractivity contribution in [2.75, 3.05) is 19.7 Å². The van der Waals surface area contributed by atoms with E-state index >= 15 is 0 Å². The Hall–Kier alpha value is -3.15. The summed E-state index contributed by atoms with van der Waals surface area (Å²) in [7, 11) is 0. The number of likely N-dealkylation sites (tertiary alicyclic amines) is 1. The van der Waals surface area contributed by atoms with Crippen LogP contribution in [0.5, 0.6) is 0 Å².